The molecule has 38 heavy (non-hydrogen) atoms. The van der Waals surface area contributed by atoms with E-state index in [4.69, 9.17) is 4.99 Å². The van der Waals surface area contributed by atoms with Crippen molar-refractivity contribution in [2.24, 2.45) is 4.99 Å². The van der Waals surface area contributed by atoms with Crippen molar-refractivity contribution in [1.82, 2.24) is 25.2 Å². The number of piperidine rings is 1. The number of nitrogens with one attached hydrogen (secondary N) is 2. The van der Waals surface area contributed by atoms with E-state index in [1.165, 1.54) is 50.3 Å². The lowest BCUT2D eigenvalue weighted by molar-refractivity contribution is -0.0478. The van der Waals surface area contributed by atoms with Gasteiger partial charge in [0.05, 0.1) is 24.0 Å². The lowest BCUT2D eigenvalue weighted by Crippen LogP contribution is -2.63. The Kier molecular flexibility index (Phi) is 4.61. The van der Waals surface area contributed by atoms with Gasteiger partial charge in [-0.2, -0.15) is 0 Å². The zero-order chi connectivity index (χ0) is 24.8. The predicted molar refractivity (Wildman–Crippen MR) is 152 cm³/mol. The van der Waals surface area contributed by atoms with E-state index in [1.54, 1.807) is 5.57 Å². The molecule has 0 saturated carbocycles. The Balaban J connectivity index is 1.08. The van der Waals surface area contributed by atoms with E-state index in [0.29, 0.717) is 18.2 Å². The summed E-state index contributed by atoms with van der Waals surface area (Å²) >= 11 is 0. The number of aromatic nitrogens is 1. The number of hydrogen-bond acceptors (Lipinski definition) is 5. The second-order valence-electron chi connectivity index (χ2n) is 11.6. The van der Waals surface area contributed by atoms with Gasteiger partial charge in [-0.15, -0.1) is 0 Å². The number of para-hydroxylation sites is 1. The highest BCUT2D eigenvalue weighted by Crippen LogP contribution is 2.40. The van der Waals surface area contributed by atoms with Crippen LogP contribution >= 0.6 is 0 Å². The lowest BCUT2D eigenvalue weighted by atomic mass is 9.93. The Hall–Kier alpha value is -3.29. The van der Waals surface area contributed by atoms with E-state index < -0.39 is 0 Å². The van der Waals surface area contributed by atoms with Crippen molar-refractivity contribution in [2.45, 2.75) is 44.1 Å². The number of nitrogens with zero attached hydrogens (tertiary/aromatic N) is 4. The van der Waals surface area contributed by atoms with E-state index in [2.05, 4.69) is 92.0 Å². The lowest BCUT2D eigenvalue weighted by Gasteiger charge is -2.41. The summed E-state index contributed by atoms with van der Waals surface area (Å²) in [6, 6.07) is 9.63. The molecular formula is C32H32N6+. The van der Waals surface area contributed by atoms with E-state index in [-0.39, 0.29) is 0 Å². The highest BCUT2D eigenvalue weighted by atomic mass is 15.7. The molecule has 189 valence electrons. The van der Waals surface area contributed by atoms with Gasteiger partial charge in [0, 0.05) is 48.6 Å². The number of likely N-dealkylation sites (tertiary alicyclic amines) is 1. The molecule has 2 fully saturated rings. The van der Waals surface area contributed by atoms with Gasteiger partial charge < -0.3 is 4.98 Å². The second kappa shape index (κ2) is 8.10. The summed E-state index contributed by atoms with van der Waals surface area (Å²) in [6.45, 7) is 5.05. The number of hydrazine groups is 1. The fourth-order valence-corrected chi connectivity index (χ4v) is 7.85. The molecule has 2 aromatic rings. The van der Waals surface area contributed by atoms with Gasteiger partial charge in [0.25, 0.3) is 0 Å². The van der Waals surface area contributed by atoms with E-state index in [0.717, 1.165) is 52.0 Å². The minimum Gasteiger partial charge on any atom is -0.353 e. The number of aliphatic imine (C=N–C) groups is 1. The van der Waals surface area contributed by atoms with Crippen LogP contribution in [-0.4, -0.2) is 65.0 Å². The number of H-pyrrole nitrogens is 1. The maximum absolute atomic E-state index is 5.16. The molecule has 2 saturated heterocycles. The van der Waals surface area contributed by atoms with Crippen LogP contribution < -0.4 is 10.3 Å². The van der Waals surface area contributed by atoms with E-state index in [1.807, 2.05) is 0 Å². The average Bonchev–Trinajstić information content (AvgIpc) is 3.70. The largest absolute Gasteiger partial charge is 0.353 e. The van der Waals surface area contributed by atoms with Crippen molar-refractivity contribution in [3.05, 3.63) is 106 Å². The third-order valence-electron chi connectivity index (χ3n) is 9.67. The molecule has 7 aliphatic rings. The molecule has 9 rings (SSSR count). The summed E-state index contributed by atoms with van der Waals surface area (Å²) < 4.78 is 0. The summed E-state index contributed by atoms with van der Waals surface area (Å²) in [6.07, 6.45) is 19.0. The van der Waals surface area contributed by atoms with Crippen molar-refractivity contribution in [2.75, 3.05) is 26.2 Å². The molecule has 3 atom stereocenters. The van der Waals surface area contributed by atoms with Gasteiger partial charge >= 0.3 is 0 Å². The molecule has 0 spiro atoms. The predicted octanol–water partition coefficient (Wildman–Crippen LogP) is 3.98. The zero-order valence-corrected chi connectivity index (χ0v) is 21.5. The van der Waals surface area contributed by atoms with E-state index >= 15 is 0 Å². The fourth-order valence-electron chi connectivity index (χ4n) is 7.85. The molecule has 6 heterocycles. The molecule has 3 unspecified atom stereocenters. The van der Waals surface area contributed by atoms with E-state index in [9.17, 15) is 0 Å². The molecule has 5 aliphatic heterocycles. The highest BCUT2D eigenvalue weighted by molar-refractivity contribution is 6.06. The summed E-state index contributed by atoms with van der Waals surface area (Å²) in [5, 5.41) is 10.6. The molecule has 0 amide bonds. The number of hydrogen-bond donors (Lipinski definition) is 2. The average molecular weight is 501 g/mol. The Morgan fingerprint density at radius 3 is 3.03 bits per heavy atom. The van der Waals surface area contributed by atoms with Crippen LogP contribution in [0.4, 0.5) is 0 Å². The van der Waals surface area contributed by atoms with Gasteiger partial charge in [-0.05, 0) is 46.4 Å². The topological polar surface area (TPSA) is 52.6 Å². The first-order chi connectivity index (χ1) is 18.8. The standard InChI is InChI=1S/C32H32N6/c1-4-10-26-20(7-1)23-13-14-37(19-31(23)35-26)38-17-25-22-9-3-5-11-27(22)33-29(25)15-32(38)36-16-24-21-8-2-6-12-28(21)34-30(24)18-36/h1-8,10-12,28,30,32,34-35H,9,13-19H2/q+1. The Morgan fingerprint density at radius 2 is 2.03 bits per heavy atom. The molecule has 2 N–H and O–H groups in total. The first-order valence-electron chi connectivity index (χ1n) is 14.2. The van der Waals surface area contributed by atoms with Crippen LogP contribution in [0, 0.1) is 0 Å². The first kappa shape index (κ1) is 21.6. The minimum absolute atomic E-state index is 0.319. The highest BCUT2D eigenvalue weighted by Gasteiger charge is 2.49. The number of fused-ring (bicyclic) bond motifs is 7. The number of benzene rings is 1. The first-order valence-corrected chi connectivity index (χ1v) is 14.2. The molecule has 1 radical (unpaired) electrons. The maximum Gasteiger partial charge on any atom is 0.185 e. The van der Waals surface area contributed by atoms with Gasteiger partial charge in [0.1, 0.15) is 12.7 Å². The van der Waals surface area contributed by atoms with Crippen LogP contribution in [0.25, 0.3) is 10.9 Å². The summed E-state index contributed by atoms with van der Waals surface area (Å²) in [5.74, 6) is 0. The second-order valence-corrected chi connectivity index (χ2v) is 11.6. The van der Waals surface area contributed by atoms with Gasteiger partial charge in [-0.1, -0.05) is 64.7 Å². The van der Waals surface area contributed by atoms with Crippen molar-refractivity contribution in [3.8, 4) is 0 Å². The Bertz CT molecular complexity index is 1590. The summed E-state index contributed by atoms with van der Waals surface area (Å²) in [5.41, 5.74) is 12.7. The van der Waals surface area contributed by atoms with Gasteiger partial charge in [-0.3, -0.25) is 15.2 Å². The van der Waals surface area contributed by atoms with Crippen LogP contribution in [0.3, 0.4) is 0 Å². The van der Waals surface area contributed by atoms with Crippen molar-refractivity contribution in [1.29, 1.82) is 0 Å². The van der Waals surface area contributed by atoms with Crippen LogP contribution in [0.1, 0.15) is 24.1 Å². The molecule has 0 bridgehead atoms. The number of allylic oxidation sites excluding steroid dienone is 6. The van der Waals surface area contributed by atoms with Gasteiger partial charge in [0.2, 0.25) is 0 Å². The van der Waals surface area contributed by atoms with Crippen LogP contribution in [0.5, 0.6) is 0 Å². The molecule has 6 nitrogen and oxygen atoms in total. The Labute approximate surface area is 223 Å². The SMILES string of the molecule is C1=CCC2=C3CN([N+]4CCc5c([nH]c6ccccc56)C4)C(N4CC5=C6C=CC=CC6NC5C4)CC3=NC2=C1. The Morgan fingerprint density at radius 1 is 1.05 bits per heavy atom. The third-order valence-corrected chi connectivity index (χ3v) is 9.67. The molecule has 2 aliphatic carbocycles. The maximum atomic E-state index is 5.16. The van der Waals surface area contributed by atoms with Gasteiger partial charge in [-0.25, -0.2) is 0 Å². The number of aromatic amines is 1. The van der Waals surface area contributed by atoms with Crippen molar-refractivity contribution in [3.63, 3.8) is 0 Å². The summed E-state index contributed by atoms with van der Waals surface area (Å²) in [4.78, 5) is 11.6. The number of rotatable bonds is 2. The molecule has 6 heteroatoms. The molecule has 1 aromatic heterocycles. The fraction of sp³-hybridized carbons (Fsp3) is 0.344. The molecule has 1 aromatic carbocycles. The third kappa shape index (κ3) is 3.12. The van der Waals surface area contributed by atoms with Crippen LogP contribution in [0.2, 0.25) is 0 Å². The molecular weight excluding hydrogens is 468 g/mol. The summed E-state index contributed by atoms with van der Waals surface area (Å²) in [7, 11) is 0. The van der Waals surface area contributed by atoms with Gasteiger partial charge in [0.15, 0.2) is 6.54 Å². The minimum atomic E-state index is 0.319. The monoisotopic (exact) mass is 500 g/mol. The van der Waals surface area contributed by atoms with Crippen molar-refractivity contribution < 1.29 is 0 Å². The van der Waals surface area contributed by atoms with Crippen LogP contribution in [0.15, 0.2) is 99.8 Å². The zero-order valence-electron chi connectivity index (χ0n) is 21.5. The normalized spacial score (nSPS) is 30.5. The van der Waals surface area contributed by atoms with Crippen LogP contribution in [-0.2, 0) is 13.0 Å². The smallest absolute Gasteiger partial charge is 0.185 e. The van der Waals surface area contributed by atoms with Crippen molar-refractivity contribution >= 4 is 16.6 Å². The quantitative estimate of drug-likeness (QED) is 0.614.